The van der Waals surface area contributed by atoms with E-state index in [1.54, 1.807) is 16.0 Å². The molecule has 0 aliphatic carbocycles. The van der Waals surface area contributed by atoms with E-state index in [9.17, 15) is 4.79 Å². The van der Waals surface area contributed by atoms with Crippen molar-refractivity contribution in [2.24, 2.45) is 7.05 Å². The molecular formula is C42H47N5O4S. The highest BCUT2D eigenvalue weighted by atomic mass is 32.1. The van der Waals surface area contributed by atoms with Crippen LogP contribution in [0.25, 0.3) is 21.1 Å². The first-order valence-electron chi connectivity index (χ1n) is 18.1. The first-order valence-corrected chi connectivity index (χ1v) is 18.9. The Labute approximate surface area is 309 Å². The van der Waals surface area contributed by atoms with E-state index in [0.29, 0.717) is 18.9 Å². The molecule has 1 aliphatic rings. The van der Waals surface area contributed by atoms with Gasteiger partial charge in [0.25, 0.3) is 0 Å². The average molecular weight is 718 g/mol. The Morgan fingerprint density at radius 1 is 1.10 bits per heavy atom. The number of ether oxygens (including phenoxy) is 3. The number of nitrogens with zero attached hydrogens (tertiary/aromatic N) is 5. The highest BCUT2D eigenvalue weighted by molar-refractivity contribution is 7.17. The van der Waals surface area contributed by atoms with E-state index in [1.807, 2.05) is 76.5 Å². The first-order chi connectivity index (χ1) is 25.0. The summed E-state index contributed by atoms with van der Waals surface area (Å²) >= 11 is 1.75. The van der Waals surface area contributed by atoms with E-state index < -0.39 is 5.60 Å². The summed E-state index contributed by atoms with van der Waals surface area (Å²) < 4.78 is 21.9. The summed E-state index contributed by atoms with van der Waals surface area (Å²) in [6.07, 6.45) is 2.94. The standard InChI is InChI=1S/C42H47N5O4S/c1-8-32-24-47(27(3)39-35(50-32)15-12-17-43-39)23-31-20-30(19-29-16-18-52-41(29)31)34(22-37(48)51-42(4,5)6)33-21-36(49-25-28-13-10-9-11-14-28)40-38(26(33)2)44-45-46(40)7/h9-21,27,32,34H,8,22-25H2,1-7H3/t27-,32+,34-/m0/s1. The third kappa shape index (κ3) is 7.41. The smallest absolute Gasteiger partial charge is 0.307 e. The van der Waals surface area contributed by atoms with Gasteiger partial charge in [0.1, 0.15) is 40.8 Å². The second kappa shape index (κ2) is 14.7. The van der Waals surface area contributed by atoms with Crippen molar-refractivity contribution in [3.05, 3.63) is 112 Å². The van der Waals surface area contributed by atoms with Crippen molar-refractivity contribution < 1.29 is 19.0 Å². The number of hydrogen-bond acceptors (Lipinski definition) is 9. The molecule has 0 radical (unpaired) electrons. The molecule has 0 bridgehead atoms. The van der Waals surface area contributed by atoms with E-state index in [2.05, 4.69) is 65.6 Å². The molecule has 3 atom stereocenters. The van der Waals surface area contributed by atoms with E-state index >= 15 is 0 Å². The van der Waals surface area contributed by atoms with Crippen LogP contribution in [0.4, 0.5) is 0 Å². The van der Waals surface area contributed by atoms with Crippen molar-refractivity contribution in [3.63, 3.8) is 0 Å². The number of hydrogen-bond donors (Lipinski definition) is 0. The highest BCUT2D eigenvalue weighted by Gasteiger charge is 2.31. The fourth-order valence-electron chi connectivity index (χ4n) is 7.26. The predicted octanol–water partition coefficient (Wildman–Crippen LogP) is 9.06. The summed E-state index contributed by atoms with van der Waals surface area (Å²) in [5, 5.41) is 12.3. The summed E-state index contributed by atoms with van der Waals surface area (Å²) in [5.41, 5.74) is 7.13. The minimum Gasteiger partial charge on any atom is -0.487 e. The van der Waals surface area contributed by atoms with Gasteiger partial charge in [0.15, 0.2) is 0 Å². The molecule has 0 N–H and O–H groups in total. The second-order valence-corrected chi connectivity index (χ2v) is 15.7. The molecule has 4 heterocycles. The molecule has 1 aliphatic heterocycles. The lowest BCUT2D eigenvalue weighted by atomic mass is 9.84. The SMILES string of the molecule is CC[C@@H]1CN(Cc2cc([C@H](CC(=O)OC(C)(C)C)c3cc(OCc4ccccc4)c4c(nnn4C)c3C)cc3ccsc23)[C@@H](C)c2ncccc2O1. The Hall–Kier alpha value is -4.80. The van der Waals surface area contributed by atoms with Crippen molar-refractivity contribution in [2.45, 2.75) is 91.2 Å². The van der Waals surface area contributed by atoms with Crippen LogP contribution in [-0.2, 0) is 29.7 Å². The van der Waals surface area contributed by atoms with Crippen LogP contribution in [0.15, 0.2) is 78.3 Å². The highest BCUT2D eigenvalue weighted by Crippen LogP contribution is 2.42. The van der Waals surface area contributed by atoms with E-state index in [-0.39, 0.29) is 30.5 Å². The Kier molecular flexibility index (Phi) is 10.0. The van der Waals surface area contributed by atoms with Gasteiger partial charge in [-0.2, -0.15) is 0 Å². The lowest BCUT2D eigenvalue weighted by Gasteiger charge is -2.29. The van der Waals surface area contributed by atoms with E-state index in [4.69, 9.17) is 19.2 Å². The van der Waals surface area contributed by atoms with Crippen molar-refractivity contribution in [3.8, 4) is 11.5 Å². The molecule has 10 heteroatoms. The van der Waals surface area contributed by atoms with Crippen molar-refractivity contribution >= 4 is 38.4 Å². The Morgan fingerprint density at radius 2 is 1.90 bits per heavy atom. The van der Waals surface area contributed by atoms with Gasteiger partial charge in [-0.05, 0) is 110 Å². The molecule has 0 spiro atoms. The van der Waals surface area contributed by atoms with Gasteiger partial charge in [-0.25, -0.2) is 4.68 Å². The lowest BCUT2D eigenvalue weighted by Crippen LogP contribution is -2.34. The second-order valence-electron chi connectivity index (χ2n) is 14.8. The summed E-state index contributed by atoms with van der Waals surface area (Å²) in [6, 6.07) is 22.9. The molecule has 0 amide bonds. The van der Waals surface area contributed by atoms with Crippen LogP contribution in [0.2, 0.25) is 0 Å². The summed E-state index contributed by atoms with van der Waals surface area (Å²) in [4.78, 5) is 21.0. The average Bonchev–Trinajstić information content (AvgIpc) is 3.73. The number of carbonyl (C=O) groups is 1. The molecule has 0 saturated heterocycles. The molecule has 6 aromatic rings. The minimum absolute atomic E-state index is 0.0468. The Morgan fingerprint density at radius 3 is 2.67 bits per heavy atom. The summed E-state index contributed by atoms with van der Waals surface area (Å²) in [6.45, 7) is 14.0. The summed E-state index contributed by atoms with van der Waals surface area (Å²) in [7, 11) is 1.88. The normalized spacial score (nSPS) is 17.1. The third-order valence-electron chi connectivity index (χ3n) is 9.89. The van der Waals surface area contributed by atoms with Crippen molar-refractivity contribution in [1.82, 2.24) is 24.9 Å². The molecule has 3 aromatic carbocycles. The number of benzene rings is 3. The van der Waals surface area contributed by atoms with Gasteiger partial charge in [-0.3, -0.25) is 14.7 Å². The van der Waals surface area contributed by atoms with Crippen molar-refractivity contribution in [2.75, 3.05) is 6.54 Å². The largest absolute Gasteiger partial charge is 0.487 e. The topological polar surface area (TPSA) is 91.6 Å². The fraction of sp³-hybridized carbons (Fsp3) is 0.381. The number of rotatable bonds is 10. The van der Waals surface area contributed by atoms with Gasteiger partial charge in [-0.1, -0.05) is 48.5 Å². The maximum absolute atomic E-state index is 13.8. The zero-order chi connectivity index (χ0) is 36.6. The lowest BCUT2D eigenvalue weighted by molar-refractivity contribution is -0.155. The number of fused-ring (bicyclic) bond motifs is 3. The quantitative estimate of drug-likeness (QED) is 0.130. The van der Waals surface area contributed by atoms with E-state index in [1.165, 1.54) is 10.3 Å². The number of aromatic nitrogens is 4. The van der Waals surface area contributed by atoms with Crippen LogP contribution in [0, 0.1) is 6.92 Å². The number of esters is 1. The number of thiophene rings is 1. The zero-order valence-electron chi connectivity index (χ0n) is 31.1. The molecule has 52 heavy (non-hydrogen) atoms. The molecule has 0 saturated carbocycles. The van der Waals surface area contributed by atoms with Gasteiger partial charge < -0.3 is 14.2 Å². The fourth-order valence-corrected chi connectivity index (χ4v) is 8.15. The zero-order valence-corrected chi connectivity index (χ0v) is 31.9. The predicted molar refractivity (Wildman–Crippen MR) is 206 cm³/mol. The number of aryl methyl sites for hydroxylation is 2. The van der Waals surface area contributed by atoms with Crippen LogP contribution in [0.5, 0.6) is 11.5 Å². The maximum Gasteiger partial charge on any atom is 0.307 e. The molecule has 7 rings (SSSR count). The number of carbonyl (C=O) groups excluding carboxylic acids is 1. The Balaban J connectivity index is 1.34. The Bertz CT molecular complexity index is 2210. The third-order valence-corrected chi connectivity index (χ3v) is 10.9. The van der Waals surface area contributed by atoms with Crippen LogP contribution >= 0.6 is 11.3 Å². The van der Waals surface area contributed by atoms with Gasteiger partial charge >= 0.3 is 5.97 Å². The molecule has 0 fully saturated rings. The molecule has 0 unspecified atom stereocenters. The molecular weight excluding hydrogens is 671 g/mol. The van der Waals surface area contributed by atoms with Gasteiger partial charge in [0.05, 0.1) is 18.2 Å². The molecule has 3 aromatic heterocycles. The summed E-state index contributed by atoms with van der Waals surface area (Å²) in [5.74, 6) is 0.936. The first kappa shape index (κ1) is 35.6. The van der Waals surface area contributed by atoms with Gasteiger partial charge in [0.2, 0.25) is 0 Å². The van der Waals surface area contributed by atoms with Crippen LogP contribution < -0.4 is 9.47 Å². The van der Waals surface area contributed by atoms with Crippen LogP contribution in [-0.4, -0.2) is 49.1 Å². The monoisotopic (exact) mass is 717 g/mol. The molecule has 270 valence electrons. The van der Waals surface area contributed by atoms with E-state index in [0.717, 1.165) is 63.1 Å². The van der Waals surface area contributed by atoms with Gasteiger partial charge in [-0.15, -0.1) is 16.4 Å². The van der Waals surface area contributed by atoms with Gasteiger partial charge in [0, 0.05) is 37.0 Å². The minimum atomic E-state index is -0.622. The van der Waals surface area contributed by atoms with Crippen molar-refractivity contribution in [1.29, 1.82) is 0 Å². The van der Waals surface area contributed by atoms with Crippen LogP contribution in [0.1, 0.15) is 92.9 Å². The molecule has 9 nitrogen and oxygen atoms in total. The maximum atomic E-state index is 13.8. The number of pyridine rings is 1. The van der Waals surface area contributed by atoms with Crippen LogP contribution in [0.3, 0.4) is 0 Å².